The molecule has 4 atom stereocenters. The second kappa shape index (κ2) is 14.8. The second-order valence-corrected chi connectivity index (χ2v) is 9.21. The van der Waals surface area contributed by atoms with E-state index < -0.39 is 95.0 Å². The lowest BCUT2D eigenvalue weighted by molar-refractivity contribution is -0.298. The van der Waals surface area contributed by atoms with Gasteiger partial charge in [0.15, 0.2) is 0 Å². The molecule has 19 nitrogen and oxygen atoms in total. The summed E-state index contributed by atoms with van der Waals surface area (Å²) >= 11 is 0. The average Bonchev–Trinajstić information content (AvgIpc) is 2.96. The lowest BCUT2D eigenvalue weighted by Crippen LogP contribution is -2.69. The third-order valence-corrected chi connectivity index (χ3v) is 5.03. The highest BCUT2D eigenvalue weighted by atomic mass is 19.4. The Hall–Kier alpha value is -5.80. The van der Waals surface area contributed by atoms with Gasteiger partial charge in [0, 0.05) is 31.8 Å². The molecule has 278 valence electrons. The molecule has 50 heavy (non-hydrogen) atoms. The summed E-state index contributed by atoms with van der Waals surface area (Å²) in [6.07, 6.45) is -19.6. The van der Waals surface area contributed by atoms with Gasteiger partial charge in [0.2, 0.25) is 6.10 Å². The van der Waals surface area contributed by atoms with Crippen molar-refractivity contribution in [3.8, 4) is 0 Å². The number of ether oxygens (including phenoxy) is 4. The zero-order valence-corrected chi connectivity index (χ0v) is 24.2. The molecule has 1 aromatic heterocycles. The summed E-state index contributed by atoms with van der Waals surface area (Å²) in [6, 6.07) is 1.74. The minimum Gasteiger partial charge on any atom is -0.441 e. The van der Waals surface area contributed by atoms with Gasteiger partial charge in [-0.1, -0.05) is 0 Å². The normalized spacial score (nSPS) is 16.0. The Balaban J connectivity index is 3.75. The molecule has 0 saturated heterocycles. The maximum absolute atomic E-state index is 13.1. The molecule has 28 heteroatoms. The van der Waals surface area contributed by atoms with Gasteiger partial charge in [0.05, 0.1) is 0 Å². The third-order valence-electron chi connectivity index (χ3n) is 5.03. The van der Waals surface area contributed by atoms with Gasteiger partial charge in [-0.3, -0.25) is 26.0 Å². The van der Waals surface area contributed by atoms with E-state index in [4.69, 9.17) is 17.2 Å². The zero-order chi connectivity index (χ0) is 39.3. The molecule has 0 spiro atoms. The highest BCUT2D eigenvalue weighted by molar-refractivity contribution is 5.99. The average molecular weight is 747 g/mol. The molecule has 0 aliphatic heterocycles. The number of esters is 4. The molecule has 0 saturated carbocycles. The van der Waals surface area contributed by atoms with Crippen molar-refractivity contribution in [3.63, 3.8) is 0 Å². The van der Waals surface area contributed by atoms with Crippen LogP contribution in [0.1, 0.15) is 24.2 Å². The fourth-order valence-corrected chi connectivity index (χ4v) is 2.67. The number of amides is 2. The summed E-state index contributed by atoms with van der Waals surface area (Å²) in [5, 5.41) is 1.42. The summed E-state index contributed by atoms with van der Waals surface area (Å²) in [6.45, 7) is 0.194. The number of carbonyl (C=O) groups is 8. The molecule has 1 unspecified atom stereocenters. The van der Waals surface area contributed by atoms with Crippen LogP contribution in [-0.2, 0) is 62.3 Å². The van der Waals surface area contributed by atoms with Gasteiger partial charge in [-0.25, -0.2) is 38.5 Å². The van der Waals surface area contributed by atoms with Gasteiger partial charge in [-0.15, -0.1) is 0 Å². The first-order chi connectivity index (χ1) is 22.4. The first-order valence-electron chi connectivity index (χ1n) is 12.0. The molecule has 7 N–H and O–H groups in total. The van der Waals surface area contributed by atoms with Crippen LogP contribution in [-0.4, -0.2) is 94.4 Å². The number of alkyl halides is 9. The number of pyridine rings is 1. The molecule has 2 amide bonds. The molecule has 1 aromatic rings. The van der Waals surface area contributed by atoms with Crippen LogP contribution in [0.25, 0.3) is 0 Å². The smallest absolute Gasteiger partial charge is 0.441 e. The number of halogens is 9. The van der Waals surface area contributed by atoms with Crippen molar-refractivity contribution in [2.24, 2.45) is 17.2 Å². The van der Waals surface area contributed by atoms with E-state index in [0.29, 0.717) is 0 Å². The lowest BCUT2D eigenvalue weighted by atomic mass is 10.1. The molecular weight excluding hydrogens is 729 g/mol. The fourth-order valence-electron chi connectivity index (χ4n) is 2.67. The molecule has 0 fully saturated rings. The van der Waals surface area contributed by atoms with Gasteiger partial charge >= 0.3 is 60.1 Å². The molecule has 0 aliphatic carbocycles. The van der Waals surface area contributed by atoms with E-state index in [9.17, 15) is 77.9 Å². The molecule has 0 radical (unpaired) electrons. The van der Waals surface area contributed by atoms with E-state index in [1.54, 1.807) is 0 Å². The quantitative estimate of drug-likeness (QED) is 0.0504. The largest absolute Gasteiger partial charge is 0.495 e. The standard InChI is InChI=1S/C22H18F9N5O14/c1-17(33,46-14(42)20(23,24)25)11(39)48-19(34,13(41)49-50-16(44)22(29,30)31)8(9(32)37)45-12(40)18(2,47-15(43)21(26,27)28)36-10(38)7-3-5-35-6-4-7/h3-6,8H,33-34H2,1-2H3,(H2,32,37)(H,36,38)/t8?,17-,18+,19+/m0/s1. The SMILES string of the molecule is C[C@](N)(OC(=O)C(F)(F)F)C(=O)O[C@@](N)(C(=O)OOC(=O)C(F)(F)F)C(OC(=O)[C@](C)(NC(=O)c1ccncc1)OC(=O)C(F)(F)F)C(N)=O. The first kappa shape index (κ1) is 42.2. The van der Waals surface area contributed by atoms with Crippen LogP contribution >= 0.6 is 0 Å². The number of carbonyl (C=O) groups excluding carboxylic acids is 8. The lowest BCUT2D eigenvalue weighted by Gasteiger charge is -2.35. The Morgan fingerprint density at radius 2 is 1.10 bits per heavy atom. The number of nitrogens with one attached hydrogen (secondary N) is 1. The number of rotatable bonds is 11. The van der Waals surface area contributed by atoms with E-state index in [1.807, 2.05) is 0 Å². The van der Waals surface area contributed by atoms with Crippen molar-refractivity contribution in [3.05, 3.63) is 30.1 Å². The van der Waals surface area contributed by atoms with Gasteiger partial charge in [-0.05, 0) is 12.1 Å². The van der Waals surface area contributed by atoms with E-state index in [-0.39, 0.29) is 13.8 Å². The number of hydrogen-bond acceptors (Lipinski definition) is 17. The Labute approximate surface area is 268 Å². The molecule has 0 aromatic carbocycles. The Morgan fingerprint density at radius 1 is 0.660 bits per heavy atom. The summed E-state index contributed by atoms with van der Waals surface area (Å²) in [7, 11) is 0. The van der Waals surface area contributed by atoms with Crippen LogP contribution in [0.2, 0.25) is 0 Å². The van der Waals surface area contributed by atoms with Gasteiger partial charge in [-0.2, -0.15) is 39.5 Å². The monoisotopic (exact) mass is 747 g/mol. The van der Waals surface area contributed by atoms with Crippen LogP contribution in [0.3, 0.4) is 0 Å². The first-order valence-corrected chi connectivity index (χ1v) is 12.0. The maximum Gasteiger partial charge on any atom is 0.495 e. The van der Waals surface area contributed by atoms with E-state index in [0.717, 1.165) is 24.5 Å². The van der Waals surface area contributed by atoms with Gasteiger partial charge in [0.1, 0.15) is 0 Å². The molecule has 1 rings (SSSR count). The minimum absolute atomic E-state index is 0.0714. The summed E-state index contributed by atoms with van der Waals surface area (Å²) in [5.41, 5.74) is 2.82. The molecule has 0 aliphatic rings. The van der Waals surface area contributed by atoms with Crippen molar-refractivity contribution < 1.29 is 107 Å². The Morgan fingerprint density at radius 3 is 1.54 bits per heavy atom. The van der Waals surface area contributed by atoms with Crippen molar-refractivity contribution >= 4 is 47.6 Å². The van der Waals surface area contributed by atoms with E-state index >= 15 is 0 Å². The topological polar surface area (TPSA) is 295 Å². The van der Waals surface area contributed by atoms with Crippen LogP contribution in [0.5, 0.6) is 0 Å². The maximum atomic E-state index is 13.1. The van der Waals surface area contributed by atoms with Crippen LogP contribution in [0.4, 0.5) is 39.5 Å². The molecule has 1 heterocycles. The number of primary amides is 1. The molecule has 0 bridgehead atoms. The van der Waals surface area contributed by atoms with Crippen LogP contribution < -0.4 is 22.5 Å². The third kappa shape index (κ3) is 10.9. The predicted octanol–water partition coefficient (Wildman–Crippen LogP) is -1.43. The van der Waals surface area contributed by atoms with Crippen molar-refractivity contribution in [1.29, 1.82) is 0 Å². The Bertz CT molecular complexity index is 1530. The van der Waals surface area contributed by atoms with Crippen molar-refractivity contribution in [2.75, 3.05) is 0 Å². The summed E-state index contributed by atoms with van der Waals surface area (Å²) < 4.78 is 131. The summed E-state index contributed by atoms with van der Waals surface area (Å²) in [5.74, 6) is -22.2. The number of hydrogen-bond donors (Lipinski definition) is 4. The number of aromatic nitrogens is 1. The van der Waals surface area contributed by atoms with Gasteiger partial charge in [0.25, 0.3) is 23.3 Å². The number of nitrogens with zero attached hydrogens (tertiary/aromatic N) is 1. The van der Waals surface area contributed by atoms with Crippen molar-refractivity contribution in [2.45, 2.75) is 55.7 Å². The van der Waals surface area contributed by atoms with Crippen LogP contribution in [0.15, 0.2) is 24.5 Å². The minimum atomic E-state index is -5.97. The Kier molecular flexibility index (Phi) is 12.5. The summed E-state index contributed by atoms with van der Waals surface area (Å²) in [4.78, 5) is 107. The fraction of sp³-hybridized carbons (Fsp3) is 0.409. The molecular formula is C22H18F9N5O14. The van der Waals surface area contributed by atoms with Crippen molar-refractivity contribution in [1.82, 2.24) is 10.3 Å². The highest BCUT2D eigenvalue weighted by Crippen LogP contribution is 2.27. The highest BCUT2D eigenvalue weighted by Gasteiger charge is 2.60. The van der Waals surface area contributed by atoms with E-state index in [1.165, 1.54) is 5.32 Å². The predicted molar refractivity (Wildman–Crippen MR) is 127 cm³/mol. The number of nitrogens with two attached hydrogens (primary N) is 3. The van der Waals surface area contributed by atoms with Gasteiger partial charge < -0.3 is 30.0 Å². The van der Waals surface area contributed by atoms with Crippen LogP contribution in [0, 0.1) is 0 Å². The zero-order valence-electron chi connectivity index (χ0n) is 24.2. The second-order valence-electron chi connectivity index (χ2n) is 9.21. The van der Waals surface area contributed by atoms with E-state index in [2.05, 4.69) is 33.7 Å².